The highest BCUT2D eigenvalue weighted by Gasteiger charge is 2.44. The van der Waals surface area contributed by atoms with E-state index in [2.05, 4.69) is 37.1 Å². The topological polar surface area (TPSA) is 23.6 Å². The number of thiophene rings is 1. The van der Waals surface area contributed by atoms with Crippen LogP contribution in [0.15, 0.2) is 42.5 Å². The van der Waals surface area contributed by atoms with Crippen LogP contribution in [0, 0.1) is 6.92 Å². The summed E-state index contributed by atoms with van der Waals surface area (Å²) in [5.41, 5.74) is 3.61. The highest BCUT2D eigenvalue weighted by molar-refractivity contribution is 7.21. The van der Waals surface area contributed by atoms with E-state index in [4.69, 9.17) is 11.6 Å². The Labute approximate surface area is 168 Å². The average molecular weight is 397 g/mol. The van der Waals surface area contributed by atoms with Crippen LogP contribution in [0.1, 0.15) is 33.1 Å². The number of nitrogens with zero attached hydrogens (tertiary/aromatic N) is 2. The van der Waals surface area contributed by atoms with Crippen molar-refractivity contribution in [3.63, 3.8) is 0 Å². The van der Waals surface area contributed by atoms with Crippen molar-refractivity contribution >= 4 is 44.6 Å². The number of fused-ring (bicyclic) bond motifs is 4. The summed E-state index contributed by atoms with van der Waals surface area (Å²) in [6, 6.07) is 14.7. The van der Waals surface area contributed by atoms with Gasteiger partial charge >= 0.3 is 0 Å². The van der Waals surface area contributed by atoms with E-state index in [0.29, 0.717) is 15.8 Å². The fourth-order valence-electron chi connectivity index (χ4n) is 4.61. The Kier molecular flexibility index (Phi) is 4.04. The molecule has 0 bridgehead atoms. The van der Waals surface area contributed by atoms with Gasteiger partial charge in [0.25, 0.3) is 5.91 Å². The molecule has 0 unspecified atom stereocenters. The van der Waals surface area contributed by atoms with Crippen LogP contribution in [-0.4, -0.2) is 37.0 Å². The van der Waals surface area contributed by atoms with Gasteiger partial charge in [-0.25, -0.2) is 0 Å². The molecule has 3 nitrogen and oxygen atoms in total. The van der Waals surface area contributed by atoms with Gasteiger partial charge in [0.2, 0.25) is 0 Å². The van der Waals surface area contributed by atoms with Crippen LogP contribution in [0.25, 0.3) is 10.1 Å². The summed E-state index contributed by atoms with van der Waals surface area (Å²) in [5, 5.41) is 1.56. The van der Waals surface area contributed by atoms with Crippen molar-refractivity contribution in [1.29, 1.82) is 0 Å². The Morgan fingerprint density at radius 3 is 2.85 bits per heavy atom. The van der Waals surface area contributed by atoms with Gasteiger partial charge in [0.1, 0.15) is 4.88 Å². The van der Waals surface area contributed by atoms with Crippen LogP contribution >= 0.6 is 22.9 Å². The summed E-state index contributed by atoms with van der Waals surface area (Å²) in [4.78, 5) is 18.7. The van der Waals surface area contributed by atoms with Crippen molar-refractivity contribution in [2.24, 2.45) is 0 Å². The first-order chi connectivity index (χ1) is 13.0. The van der Waals surface area contributed by atoms with Crippen molar-refractivity contribution < 1.29 is 4.79 Å². The zero-order chi connectivity index (χ0) is 18.7. The Morgan fingerprint density at radius 1 is 1.22 bits per heavy atom. The molecule has 0 aliphatic carbocycles. The third-order valence-electron chi connectivity index (χ3n) is 5.90. The highest BCUT2D eigenvalue weighted by atomic mass is 35.5. The van der Waals surface area contributed by atoms with Crippen LogP contribution in [0.2, 0.25) is 5.02 Å². The summed E-state index contributed by atoms with van der Waals surface area (Å²) >= 11 is 8.14. The zero-order valence-corrected chi connectivity index (χ0v) is 17.0. The number of hydrogen-bond acceptors (Lipinski definition) is 3. The number of likely N-dealkylation sites (tertiary alicyclic amines) is 1. The zero-order valence-electron chi connectivity index (χ0n) is 15.4. The third kappa shape index (κ3) is 2.62. The predicted octanol–water partition coefficient (Wildman–Crippen LogP) is 5.31. The monoisotopic (exact) mass is 396 g/mol. The molecule has 2 aromatic carbocycles. The average Bonchev–Trinajstić information content (AvgIpc) is 3.16. The minimum Gasteiger partial charge on any atom is -0.306 e. The molecule has 1 amide bonds. The van der Waals surface area contributed by atoms with Gasteiger partial charge in [0.15, 0.2) is 0 Å². The molecular weight excluding hydrogens is 376 g/mol. The second kappa shape index (κ2) is 6.33. The van der Waals surface area contributed by atoms with E-state index in [-0.39, 0.29) is 11.9 Å². The van der Waals surface area contributed by atoms with Crippen molar-refractivity contribution in [2.75, 3.05) is 25.0 Å². The molecule has 2 aliphatic rings. The lowest BCUT2D eigenvalue weighted by atomic mass is 9.89. The van der Waals surface area contributed by atoms with Gasteiger partial charge in [-0.05, 0) is 44.6 Å². The van der Waals surface area contributed by atoms with Gasteiger partial charge in [-0.3, -0.25) is 4.79 Å². The first-order valence-electron chi connectivity index (χ1n) is 9.34. The molecule has 0 saturated carbocycles. The molecule has 1 saturated heterocycles. The van der Waals surface area contributed by atoms with E-state index >= 15 is 0 Å². The molecule has 1 aromatic heterocycles. The molecule has 5 rings (SSSR count). The number of halogens is 1. The van der Waals surface area contributed by atoms with Crippen LogP contribution in [0.5, 0.6) is 0 Å². The number of piperidine rings is 1. The maximum absolute atomic E-state index is 13.7. The summed E-state index contributed by atoms with van der Waals surface area (Å²) in [7, 11) is 2.17. The summed E-state index contributed by atoms with van der Waals surface area (Å²) in [6.45, 7) is 4.12. The number of carbonyl (C=O) groups is 1. The van der Waals surface area contributed by atoms with E-state index in [1.807, 2.05) is 29.2 Å². The molecule has 27 heavy (non-hydrogen) atoms. The fraction of sp³-hybridized carbons (Fsp3) is 0.318. The van der Waals surface area contributed by atoms with Crippen LogP contribution < -0.4 is 4.90 Å². The number of amides is 1. The van der Waals surface area contributed by atoms with Crippen LogP contribution in [-0.2, 0) is 0 Å². The maximum Gasteiger partial charge on any atom is 0.270 e. The molecule has 3 aromatic rings. The molecule has 1 fully saturated rings. The van der Waals surface area contributed by atoms with Gasteiger partial charge < -0.3 is 9.80 Å². The fourth-order valence-corrected chi connectivity index (χ4v) is 6.06. The smallest absolute Gasteiger partial charge is 0.270 e. The number of aryl methyl sites for hydroxylation is 1. The minimum absolute atomic E-state index is 0.0448. The lowest BCUT2D eigenvalue weighted by Crippen LogP contribution is -2.47. The van der Waals surface area contributed by atoms with Crippen molar-refractivity contribution in [2.45, 2.75) is 25.3 Å². The number of hydrogen-bond donors (Lipinski definition) is 0. The molecule has 138 valence electrons. The second-order valence-corrected chi connectivity index (χ2v) is 9.13. The quantitative estimate of drug-likeness (QED) is 0.556. The molecule has 0 N–H and O–H groups in total. The van der Waals surface area contributed by atoms with Crippen molar-refractivity contribution in [3.8, 4) is 0 Å². The Bertz CT molecular complexity index is 1060. The number of likely N-dealkylation sites (N-methyl/N-ethyl adjacent to an activating group) is 1. The number of benzene rings is 2. The Balaban J connectivity index is 1.63. The maximum atomic E-state index is 13.7. The molecular formula is C22H21ClN2OS. The standard InChI is InChI=1S/C22H21ClN2OS/c1-13-7-8-17-15(11-13)16-12-24(2)10-9-18(16)25(17)22(26)21-20(23)14-5-3-4-6-19(14)27-21/h3-8,11,16,18H,9-10,12H2,1-2H3/t16-,18-/m1/s1. The highest BCUT2D eigenvalue weighted by Crippen LogP contribution is 2.47. The predicted molar refractivity (Wildman–Crippen MR) is 113 cm³/mol. The summed E-state index contributed by atoms with van der Waals surface area (Å²) in [6.07, 6.45) is 0.989. The third-order valence-corrected chi connectivity index (χ3v) is 7.56. The van der Waals surface area contributed by atoms with Gasteiger partial charge in [-0.15, -0.1) is 11.3 Å². The molecule has 3 heterocycles. The van der Waals surface area contributed by atoms with Gasteiger partial charge in [0.05, 0.1) is 5.02 Å². The van der Waals surface area contributed by atoms with Gasteiger partial charge in [0, 0.05) is 34.3 Å². The summed E-state index contributed by atoms with van der Waals surface area (Å²) in [5.74, 6) is 0.416. The molecule has 0 spiro atoms. The minimum atomic E-state index is 0.0448. The Hall–Kier alpha value is -1.88. The first-order valence-corrected chi connectivity index (χ1v) is 10.5. The van der Waals surface area contributed by atoms with E-state index in [0.717, 1.165) is 35.3 Å². The summed E-state index contributed by atoms with van der Waals surface area (Å²) < 4.78 is 1.06. The normalized spacial score (nSPS) is 22.1. The lowest BCUT2D eigenvalue weighted by Gasteiger charge is -2.36. The van der Waals surface area contributed by atoms with Crippen LogP contribution in [0.4, 0.5) is 5.69 Å². The second-order valence-electron chi connectivity index (χ2n) is 7.70. The molecule has 2 atom stereocenters. The number of rotatable bonds is 1. The van der Waals surface area contributed by atoms with Crippen molar-refractivity contribution in [1.82, 2.24) is 4.90 Å². The molecule has 2 aliphatic heterocycles. The lowest BCUT2D eigenvalue weighted by molar-refractivity contribution is 0.0969. The largest absolute Gasteiger partial charge is 0.306 e. The van der Waals surface area contributed by atoms with Crippen molar-refractivity contribution in [3.05, 3.63) is 63.5 Å². The van der Waals surface area contributed by atoms with E-state index in [1.54, 1.807) is 0 Å². The molecule has 5 heteroatoms. The van der Waals surface area contributed by atoms with Gasteiger partial charge in [-0.2, -0.15) is 0 Å². The first kappa shape index (κ1) is 17.2. The van der Waals surface area contributed by atoms with E-state index < -0.39 is 0 Å². The number of anilines is 1. The number of carbonyl (C=O) groups excluding carboxylic acids is 1. The van der Waals surface area contributed by atoms with E-state index in [9.17, 15) is 4.79 Å². The van der Waals surface area contributed by atoms with E-state index in [1.165, 1.54) is 22.5 Å². The van der Waals surface area contributed by atoms with Crippen LogP contribution in [0.3, 0.4) is 0 Å². The Morgan fingerprint density at radius 2 is 2.04 bits per heavy atom. The van der Waals surface area contributed by atoms with Gasteiger partial charge in [-0.1, -0.05) is 47.5 Å². The molecule has 0 radical (unpaired) electrons. The SMILES string of the molecule is Cc1ccc2c(c1)[C@H]1CN(C)CC[C@H]1N2C(=O)c1sc2ccccc2c1Cl.